The molecule has 3 aliphatic rings. The van der Waals surface area contributed by atoms with Crippen molar-refractivity contribution in [1.82, 2.24) is 39.0 Å². The summed E-state index contributed by atoms with van der Waals surface area (Å²) in [5, 5.41) is 11.2. The first-order valence-corrected chi connectivity index (χ1v) is 16.7. The van der Waals surface area contributed by atoms with Crippen LogP contribution in [0, 0.1) is 0 Å². The van der Waals surface area contributed by atoms with E-state index in [1.165, 1.54) is 28.1 Å². The van der Waals surface area contributed by atoms with E-state index in [9.17, 15) is 29.5 Å². The maximum absolute atomic E-state index is 12.3. The molecule has 7 heterocycles. The maximum atomic E-state index is 12.3. The van der Waals surface area contributed by atoms with Crippen molar-refractivity contribution < 1.29 is 52.2 Å². The summed E-state index contributed by atoms with van der Waals surface area (Å²) in [5.74, 6) is -0.164. The number of nitrogens with two attached hydrogens (primary N) is 3. The third-order valence-corrected chi connectivity index (χ3v) is 9.79. The fraction of sp³-hybridized carbons (Fsp3) is 0.500. The number of rotatable bonds is 2. The first-order valence-electron chi connectivity index (χ1n) is 13.2. The summed E-state index contributed by atoms with van der Waals surface area (Å²) in [7, 11) is -10.2. The van der Waals surface area contributed by atoms with Crippen LogP contribution in [0.4, 0.5) is 11.8 Å². The summed E-state index contributed by atoms with van der Waals surface area (Å²) in [6.45, 7) is -1.28. The number of aliphatic hydroxyl groups is 1. The average Bonchev–Trinajstić information content (AvgIpc) is 3.72. The van der Waals surface area contributed by atoms with Crippen LogP contribution in [0.3, 0.4) is 0 Å². The average molecular weight is 677 g/mol. The Morgan fingerprint density at radius 1 is 0.844 bits per heavy atom. The number of imidazole rings is 2. The summed E-state index contributed by atoms with van der Waals surface area (Å²) in [6, 6.07) is -1.19. The summed E-state index contributed by atoms with van der Waals surface area (Å²) >= 11 is 0. The molecule has 23 nitrogen and oxygen atoms in total. The van der Waals surface area contributed by atoms with E-state index < -0.39 is 84.1 Å². The number of aromatic nitrogens is 8. The van der Waals surface area contributed by atoms with E-state index in [-0.39, 0.29) is 34.1 Å². The predicted octanol–water partition coefficient (Wildman–Crippen LogP) is -3.79. The molecule has 45 heavy (non-hydrogen) atoms. The molecule has 8 atom stereocenters. The van der Waals surface area contributed by atoms with Gasteiger partial charge < -0.3 is 0 Å². The van der Waals surface area contributed by atoms with E-state index >= 15 is 0 Å². The number of aromatic amines is 1. The van der Waals surface area contributed by atoms with Crippen molar-refractivity contribution in [3.8, 4) is 0 Å². The number of anilines is 2. The van der Waals surface area contributed by atoms with Gasteiger partial charge in [0.05, 0.1) is 0 Å². The van der Waals surface area contributed by atoms with Crippen molar-refractivity contribution in [3.05, 3.63) is 29.3 Å². The van der Waals surface area contributed by atoms with Gasteiger partial charge in [-0.3, -0.25) is 0 Å². The van der Waals surface area contributed by atoms with Gasteiger partial charge in [-0.2, -0.15) is 0 Å². The molecule has 0 amide bonds. The molecule has 3 saturated heterocycles. The van der Waals surface area contributed by atoms with Gasteiger partial charge in [-0.25, -0.2) is 0 Å². The zero-order chi connectivity index (χ0) is 31.8. The van der Waals surface area contributed by atoms with Gasteiger partial charge in [0.25, 0.3) is 0 Å². The predicted molar refractivity (Wildman–Crippen MR) is 151 cm³/mol. The van der Waals surface area contributed by atoms with Crippen LogP contribution in [0.15, 0.2) is 23.8 Å². The molecule has 4 aromatic rings. The second-order valence-electron chi connectivity index (χ2n) is 10.4. The zero-order valence-corrected chi connectivity index (χ0v) is 24.7. The Balaban J connectivity index is 1.20. The number of nitrogen functional groups attached to an aromatic ring is 2. The van der Waals surface area contributed by atoms with Crippen LogP contribution < -0.4 is 22.8 Å². The van der Waals surface area contributed by atoms with E-state index in [1.54, 1.807) is 0 Å². The Labute approximate surface area is 250 Å². The number of fused-ring (bicyclic) bond motifs is 5. The quantitative estimate of drug-likeness (QED) is 0.0919. The second-order valence-corrected chi connectivity index (χ2v) is 13.7. The molecule has 0 spiro atoms. The van der Waals surface area contributed by atoms with Crippen LogP contribution in [0.25, 0.3) is 22.3 Å². The van der Waals surface area contributed by atoms with Crippen molar-refractivity contribution in [2.24, 2.45) is 5.73 Å². The number of aliphatic hydroxyl groups excluding tert-OH is 1. The Kier molecular flexibility index (Phi) is 7.46. The second kappa shape index (κ2) is 11.0. The van der Waals surface area contributed by atoms with Gasteiger partial charge in [0.1, 0.15) is 0 Å². The number of hydrogen-bond donors (Lipinski definition) is 9. The topological polar surface area (TPSA) is 342 Å². The monoisotopic (exact) mass is 677 g/mol. The number of ether oxygens (including phenoxy) is 2. The Hall–Kier alpha value is -3.12. The van der Waals surface area contributed by atoms with Gasteiger partial charge in [-0.15, -0.1) is 0 Å². The fourth-order valence-corrected chi connectivity index (χ4v) is 7.65. The fourth-order valence-electron chi connectivity index (χ4n) is 5.48. The normalized spacial score (nSPS) is 34.9. The van der Waals surface area contributed by atoms with Crippen LogP contribution in [0.1, 0.15) is 12.5 Å². The third kappa shape index (κ3) is 5.41. The van der Waals surface area contributed by atoms with Crippen molar-refractivity contribution in [1.29, 1.82) is 0 Å². The standard InChI is InChI=1S/C20H29N11O12P2/c21-8-6-1-38-44(34,35)42-12-7(41-18(11(12)32)30-4-26-9-14(22)24-3-25-15(9)30)2-39-45(36,37)43-13(8)19(40-6)31-5-27-10-16(31)28-20(23)29-17(10)33/h3-8,11-13,18-19,32,34-37,44-45H,1-2,21H2,(H2,22,24,25)(H3,23,28,29,33)/t6?,7-,8-,11-,12-,13-,18-,19?/m1/s1. The molecule has 0 saturated carbocycles. The van der Waals surface area contributed by atoms with E-state index in [1.807, 2.05) is 0 Å². The van der Waals surface area contributed by atoms with E-state index in [2.05, 4.69) is 29.9 Å². The Bertz CT molecular complexity index is 1800. The van der Waals surface area contributed by atoms with Gasteiger partial charge in [0.15, 0.2) is 0 Å². The first-order chi connectivity index (χ1) is 21.3. The minimum absolute atomic E-state index is 0.0357. The zero-order valence-electron chi connectivity index (χ0n) is 22.7. The minimum atomic E-state index is -5.12. The number of nitrogens with one attached hydrogen (secondary N) is 1. The molecule has 3 fully saturated rings. The first kappa shape index (κ1) is 30.5. The molecule has 2 unspecified atom stereocenters. The van der Waals surface area contributed by atoms with Crippen molar-refractivity contribution in [2.75, 3.05) is 24.7 Å². The summed E-state index contributed by atoms with van der Waals surface area (Å²) in [6.07, 6.45) is -6.02. The molecular weight excluding hydrogens is 648 g/mol. The van der Waals surface area contributed by atoms with Gasteiger partial charge in [0, 0.05) is 0 Å². The Morgan fingerprint density at radius 2 is 1.47 bits per heavy atom. The molecule has 7 rings (SSSR count). The molecule has 0 radical (unpaired) electrons. The third-order valence-electron chi connectivity index (χ3n) is 7.55. The van der Waals surface area contributed by atoms with Crippen molar-refractivity contribution in [2.45, 2.75) is 49.0 Å². The molecule has 25 heteroatoms. The van der Waals surface area contributed by atoms with Crippen molar-refractivity contribution in [3.63, 3.8) is 0 Å². The molecule has 2 bridgehead atoms. The SMILES string of the molecule is Nc1nc2c(ncn2C2OC3CO[PH](O)(O)O[C@H]4[C@@H](O)[C@H](n5cnc6c(N)ncnc65)O[C@@H]4CO[PH](O)(O)O[C@@H]2[C@@H]3N)c(=O)[nH]1. The van der Waals surface area contributed by atoms with Crippen LogP contribution >= 0.6 is 16.3 Å². The van der Waals surface area contributed by atoms with Crippen LogP contribution in [-0.2, 0) is 27.6 Å². The Morgan fingerprint density at radius 3 is 2.20 bits per heavy atom. The van der Waals surface area contributed by atoms with E-state index in [0.717, 1.165) is 0 Å². The van der Waals surface area contributed by atoms with Gasteiger partial charge >= 0.3 is 250 Å². The van der Waals surface area contributed by atoms with E-state index in [4.69, 9.17) is 44.8 Å². The number of H-pyrrole nitrogens is 1. The van der Waals surface area contributed by atoms with Gasteiger partial charge in [-0.05, 0) is 0 Å². The van der Waals surface area contributed by atoms with E-state index in [0.29, 0.717) is 0 Å². The van der Waals surface area contributed by atoms with Crippen LogP contribution in [0.5, 0.6) is 0 Å². The molecule has 0 aliphatic carbocycles. The molecule has 4 aromatic heterocycles. The van der Waals surface area contributed by atoms with Gasteiger partial charge in [0.2, 0.25) is 0 Å². The molecule has 246 valence electrons. The summed E-state index contributed by atoms with van der Waals surface area (Å²) in [4.78, 5) is 78.2. The molecule has 12 N–H and O–H groups in total. The van der Waals surface area contributed by atoms with Crippen LogP contribution in [0.2, 0.25) is 0 Å². The number of nitrogens with zero attached hydrogens (tertiary/aromatic N) is 7. The summed E-state index contributed by atoms with van der Waals surface area (Å²) < 4.78 is 36.2. The van der Waals surface area contributed by atoms with Crippen molar-refractivity contribution >= 4 is 50.4 Å². The summed E-state index contributed by atoms with van der Waals surface area (Å²) in [5.41, 5.74) is 17.5. The number of hydrogen-bond acceptors (Lipinski definition) is 20. The molecule has 0 aromatic carbocycles. The van der Waals surface area contributed by atoms with Crippen LogP contribution in [-0.4, -0.2) is 113 Å². The van der Waals surface area contributed by atoms with Gasteiger partial charge in [-0.1, -0.05) is 0 Å². The molecule has 3 aliphatic heterocycles. The molecular formula is C20H29N11O12P2.